The van der Waals surface area contributed by atoms with E-state index in [9.17, 15) is 13.2 Å². The second-order valence-corrected chi connectivity index (χ2v) is 12.7. The van der Waals surface area contributed by atoms with E-state index < -0.39 is 10.0 Å². The first kappa shape index (κ1) is 27.3. The van der Waals surface area contributed by atoms with Crippen molar-refractivity contribution in [3.63, 3.8) is 0 Å². The molecule has 4 aromatic rings. The Kier molecular flexibility index (Phi) is 7.73. The number of aryl methyl sites for hydroxylation is 1. The monoisotopic (exact) mass is 565 g/mol. The predicted octanol–water partition coefficient (Wildman–Crippen LogP) is 5.26. The van der Waals surface area contributed by atoms with E-state index in [0.29, 0.717) is 41.6 Å². The van der Waals surface area contributed by atoms with Gasteiger partial charge in [-0.15, -0.1) is 0 Å². The summed E-state index contributed by atoms with van der Waals surface area (Å²) < 4.78 is 40.2. The number of anilines is 1. The SMILES string of the molecule is COc1ccc(C)c2sc(N(Cc3ccccc3)C(=O)c3ccc(S(=O)(=O)N4CC(C)OC(C)C4)cc3)nc12. The van der Waals surface area contributed by atoms with Crippen LogP contribution in [0.4, 0.5) is 5.13 Å². The minimum absolute atomic E-state index is 0.148. The standard InChI is InChI=1S/C29H31N3O5S2/c1-19-10-15-25(36-4)26-27(19)38-29(30-26)32(18-22-8-6-5-7-9-22)28(33)23-11-13-24(14-12-23)39(34,35)31-16-20(2)37-21(3)17-31/h5-15,20-21H,16-18H2,1-4H3. The highest BCUT2D eigenvalue weighted by Gasteiger charge is 2.32. The molecule has 0 radical (unpaired) electrons. The molecule has 204 valence electrons. The lowest BCUT2D eigenvalue weighted by Crippen LogP contribution is -2.48. The summed E-state index contributed by atoms with van der Waals surface area (Å²) in [6, 6.07) is 19.7. The molecule has 1 aliphatic rings. The van der Waals surface area contributed by atoms with Crippen LogP contribution in [0.15, 0.2) is 71.6 Å². The van der Waals surface area contributed by atoms with E-state index in [1.54, 1.807) is 24.1 Å². The third-order valence-electron chi connectivity index (χ3n) is 6.70. The number of sulfonamides is 1. The minimum Gasteiger partial charge on any atom is -0.494 e. The van der Waals surface area contributed by atoms with Gasteiger partial charge in [0.1, 0.15) is 11.3 Å². The molecular weight excluding hydrogens is 534 g/mol. The molecule has 8 nitrogen and oxygen atoms in total. The number of aromatic nitrogens is 1. The van der Waals surface area contributed by atoms with Crippen molar-refractivity contribution in [1.82, 2.24) is 9.29 Å². The first-order chi connectivity index (χ1) is 18.7. The second-order valence-electron chi connectivity index (χ2n) is 9.74. The van der Waals surface area contributed by atoms with Crippen LogP contribution in [0.2, 0.25) is 0 Å². The van der Waals surface area contributed by atoms with Crippen LogP contribution in [-0.2, 0) is 21.3 Å². The first-order valence-corrected chi connectivity index (χ1v) is 15.0. The van der Waals surface area contributed by atoms with Gasteiger partial charge in [0, 0.05) is 18.7 Å². The lowest BCUT2D eigenvalue weighted by Gasteiger charge is -2.34. The van der Waals surface area contributed by atoms with Crippen molar-refractivity contribution in [2.45, 2.75) is 44.4 Å². The summed E-state index contributed by atoms with van der Waals surface area (Å²) in [7, 11) is -2.12. The zero-order valence-electron chi connectivity index (χ0n) is 22.3. The van der Waals surface area contributed by atoms with Crippen LogP contribution >= 0.6 is 11.3 Å². The first-order valence-electron chi connectivity index (χ1n) is 12.7. The van der Waals surface area contributed by atoms with Crippen molar-refractivity contribution in [2.75, 3.05) is 25.1 Å². The summed E-state index contributed by atoms with van der Waals surface area (Å²) in [5.41, 5.74) is 3.07. The second kappa shape index (κ2) is 11.1. The van der Waals surface area contributed by atoms with Crippen molar-refractivity contribution in [3.05, 3.63) is 83.4 Å². The molecule has 0 bridgehead atoms. The fourth-order valence-corrected chi connectivity index (χ4v) is 7.41. The maximum atomic E-state index is 13.9. The molecule has 1 aromatic heterocycles. The maximum absolute atomic E-state index is 13.9. The molecule has 2 heterocycles. The van der Waals surface area contributed by atoms with Crippen LogP contribution < -0.4 is 9.64 Å². The Hall–Kier alpha value is -3.31. The number of fused-ring (bicyclic) bond motifs is 1. The van der Waals surface area contributed by atoms with Crippen molar-refractivity contribution in [1.29, 1.82) is 0 Å². The lowest BCUT2D eigenvalue weighted by molar-refractivity contribution is -0.0440. The molecular formula is C29H31N3O5S2. The Morgan fingerprint density at radius 2 is 1.72 bits per heavy atom. The minimum atomic E-state index is -3.72. The van der Waals surface area contributed by atoms with E-state index in [4.69, 9.17) is 14.5 Å². The van der Waals surface area contributed by atoms with Crippen LogP contribution in [0.25, 0.3) is 10.2 Å². The summed E-state index contributed by atoms with van der Waals surface area (Å²) in [6.45, 7) is 6.62. The summed E-state index contributed by atoms with van der Waals surface area (Å²) >= 11 is 1.43. The van der Waals surface area contributed by atoms with Crippen LogP contribution in [0.5, 0.6) is 5.75 Å². The van der Waals surface area contributed by atoms with Gasteiger partial charge in [0.15, 0.2) is 5.13 Å². The van der Waals surface area contributed by atoms with Crippen molar-refractivity contribution < 1.29 is 22.7 Å². The van der Waals surface area contributed by atoms with Gasteiger partial charge in [-0.25, -0.2) is 13.4 Å². The molecule has 5 rings (SSSR count). The van der Waals surface area contributed by atoms with Gasteiger partial charge in [-0.3, -0.25) is 9.69 Å². The molecule has 0 N–H and O–H groups in total. The molecule has 1 fully saturated rings. The highest BCUT2D eigenvalue weighted by Crippen LogP contribution is 2.37. The van der Waals surface area contributed by atoms with Gasteiger partial charge in [0.2, 0.25) is 10.0 Å². The maximum Gasteiger partial charge on any atom is 0.260 e. The number of morpholine rings is 1. The Balaban J connectivity index is 1.49. The Morgan fingerprint density at radius 3 is 2.36 bits per heavy atom. The normalized spacial score (nSPS) is 18.3. The largest absolute Gasteiger partial charge is 0.494 e. The van der Waals surface area contributed by atoms with E-state index in [2.05, 4.69) is 0 Å². The zero-order chi connectivity index (χ0) is 27.7. The van der Waals surface area contributed by atoms with Gasteiger partial charge in [-0.05, 0) is 62.2 Å². The van der Waals surface area contributed by atoms with Crippen molar-refractivity contribution in [2.24, 2.45) is 0 Å². The summed E-state index contributed by atoms with van der Waals surface area (Å²) in [5.74, 6) is 0.374. The van der Waals surface area contributed by atoms with Crippen LogP contribution in [0, 0.1) is 6.92 Å². The van der Waals surface area contributed by atoms with Gasteiger partial charge in [0.25, 0.3) is 5.91 Å². The highest BCUT2D eigenvalue weighted by molar-refractivity contribution is 7.89. The smallest absolute Gasteiger partial charge is 0.260 e. The zero-order valence-corrected chi connectivity index (χ0v) is 24.0. The fraction of sp³-hybridized carbons (Fsp3) is 0.310. The van der Waals surface area contributed by atoms with Crippen molar-refractivity contribution in [3.8, 4) is 5.75 Å². The number of carbonyl (C=O) groups excluding carboxylic acids is 1. The van der Waals surface area contributed by atoms with Gasteiger partial charge >= 0.3 is 0 Å². The summed E-state index contributed by atoms with van der Waals surface area (Å²) in [5, 5.41) is 0.541. The molecule has 2 atom stereocenters. The fourth-order valence-electron chi connectivity index (χ4n) is 4.77. The summed E-state index contributed by atoms with van der Waals surface area (Å²) in [6.07, 6.45) is -0.376. The number of ether oxygens (including phenoxy) is 2. The highest BCUT2D eigenvalue weighted by atomic mass is 32.2. The van der Waals surface area contributed by atoms with E-state index in [0.717, 1.165) is 15.8 Å². The Morgan fingerprint density at radius 1 is 1.05 bits per heavy atom. The van der Waals surface area contributed by atoms with Gasteiger partial charge < -0.3 is 9.47 Å². The number of carbonyl (C=O) groups is 1. The number of methoxy groups -OCH3 is 1. The lowest BCUT2D eigenvalue weighted by atomic mass is 10.1. The third-order valence-corrected chi connectivity index (χ3v) is 9.76. The molecule has 2 unspecified atom stereocenters. The van der Waals surface area contributed by atoms with E-state index in [1.165, 1.54) is 27.8 Å². The molecule has 3 aromatic carbocycles. The van der Waals surface area contributed by atoms with Gasteiger partial charge in [0.05, 0.1) is 35.5 Å². The number of thiazole rings is 1. The van der Waals surface area contributed by atoms with Crippen molar-refractivity contribution >= 4 is 42.6 Å². The third kappa shape index (κ3) is 5.56. The number of rotatable bonds is 7. The predicted molar refractivity (Wildman–Crippen MR) is 153 cm³/mol. The van der Waals surface area contributed by atoms with Gasteiger partial charge in [-0.1, -0.05) is 47.7 Å². The quantitative estimate of drug-likeness (QED) is 0.304. The van der Waals surface area contributed by atoms with Crippen LogP contribution in [0.3, 0.4) is 0 Å². The van der Waals surface area contributed by atoms with Crippen LogP contribution in [0.1, 0.15) is 35.3 Å². The average Bonchev–Trinajstić information content (AvgIpc) is 3.38. The van der Waals surface area contributed by atoms with E-state index in [-0.39, 0.29) is 23.0 Å². The van der Waals surface area contributed by atoms with Gasteiger partial charge in [-0.2, -0.15) is 4.31 Å². The molecule has 0 spiro atoms. The molecule has 1 aliphatic heterocycles. The van der Waals surface area contributed by atoms with E-state index in [1.807, 2.05) is 63.2 Å². The molecule has 0 saturated carbocycles. The number of hydrogen-bond acceptors (Lipinski definition) is 7. The van der Waals surface area contributed by atoms with E-state index >= 15 is 0 Å². The molecule has 1 amide bonds. The molecule has 39 heavy (non-hydrogen) atoms. The van der Waals surface area contributed by atoms with Crippen LogP contribution in [-0.4, -0.2) is 56.0 Å². The summed E-state index contributed by atoms with van der Waals surface area (Å²) in [4.78, 5) is 20.5. The topological polar surface area (TPSA) is 89.0 Å². The Labute approximate surface area is 232 Å². The number of nitrogens with zero attached hydrogens (tertiary/aromatic N) is 3. The number of amides is 1. The Bertz CT molecular complexity index is 1580. The molecule has 0 aliphatic carbocycles. The molecule has 10 heteroatoms. The average molecular weight is 566 g/mol. The number of hydrogen-bond donors (Lipinski definition) is 0. The molecule has 1 saturated heterocycles. The number of benzene rings is 3.